The molecular formula is C21H29ClN8. The third kappa shape index (κ3) is 5.61. The maximum absolute atomic E-state index is 6.33. The predicted molar refractivity (Wildman–Crippen MR) is 123 cm³/mol. The summed E-state index contributed by atoms with van der Waals surface area (Å²) >= 11 is 6.33. The van der Waals surface area contributed by atoms with Gasteiger partial charge in [0.25, 0.3) is 0 Å². The van der Waals surface area contributed by atoms with E-state index in [-0.39, 0.29) is 0 Å². The van der Waals surface area contributed by atoms with Crippen molar-refractivity contribution in [3.63, 3.8) is 0 Å². The lowest BCUT2D eigenvalue weighted by Crippen LogP contribution is -2.31. The van der Waals surface area contributed by atoms with Crippen LogP contribution in [0.3, 0.4) is 0 Å². The van der Waals surface area contributed by atoms with Crippen molar-refractivity contribution < 1.29 is 0 Å². The Kier molecular flexibility index (Phi) is 7.12. The summed E-state index contributed by atoms with van der Waals surface area (Å²) in [4.78, 5) is 13.0. The maximum atomic E-state index is 6.33. The van der Waals surface area contributed by atoms with E-state index in [4.69, 9.17) is 17.3 Å². The molecule has 0 aliphatic carbocycles. The summed E-state index contributed by atoms with van der Waals surface area (Å²) < 4.78 is 2.03. The first-order valence-corrected chi connectivity index (χ1v) is 10.3. The van der Waals surface area contributed by atoms with Crippen LogP contribution in [-0.2, 0) is 0 Å². The first-order chi connectivity index (χ1) is 14.3. The number of likely N-dealkylation sites (tertiary alicyclic amines) is 1. The van der Waals surface area contributed by atoms with Gasteiger partial charge in [-0.15, -0.1) is 0 Å². The van der Waals surface area contributed by atoms with E-state index in [1.54, 1.807) is 23.4 Å². The molecule has 0 bridgehead atoms. The second-order valence-electron chi connectivity index (χ2n) is 7.55. The molecule has 8 nitrogen and oxygen atoms in total. The van der Waals surface area contributed by atoms with Gasteiger partial charge in [-0.05, 0) is 52.1 Å². The van der Waals surface area contributed by atoms with Crippen LogP contribution in [0.25, 0.3) is 0 Å². The Morgan fingerprint density at radius 1 is 1.37 bits per heavy atom. The van der Waals surface area contributed by atoms with E-state index in [9.17, 15) is 0 Å². The Morgan fingerprint density at radius 2 is 2.10 bits per heavy atom. The highest BCUT2D eigenvalue weighted by molar-refractivity contribution is 6.32. The van der Waals surface area contributed by atoms with Crippen LogP contribution in [0.1, 0.15) is 25.8 Å². The van der Waals surface area contributed by atoms with Gasteiger partial charge in [-0.1, -0.05) is 24.3 Å². The Bertz CT molecular complexity index is 936. The molecule has 1 fully saturated rings. The Labute approximate surface area is 182 Å². The average Bonchev–Trinajstić information content (AvgIpc) is 3.17. The molecule has 0 radical (unpaired) electrons. The lowest BCUT2D eigenvalue weighted by atomic mass is 10.1. The molecule has 3 rings (SSSR count). The smallest absolute Gasteiger partial charge is 0.229 e. The highest BCUT2D eigenvalue weighted by atomic mass is 35.5. The molecule has 1 saturated heterocycles. The fourth-order valence-corrected chi connectivity index (χ4v) is 3.42. The van der Waals surface area contributed by atoms with Gasteiger partial charge in [-0.25, -0.2) is 4.98 Å². The van der Waals surface area contributed by atoms with E-state index in [1.165, 1.54) is 0 Å². The highest BCUT2D eigenvalue weighted by Crippen LogP contribution is 2.27. The number of likely N-dealkylation sites (N-methyl/N-ethyl adjacent to an activating group) is 1. The van der Waals surface area contributed by atoms with Crippen molar-refractivity contribution in [3.05, 3.63) is 59.8 Å². The molecule has 0 aromatic carbocycles. The summed E-state index contributed by atoms with van der Waals surface area (Å²) in [5.74, 6) is 0.999. The number of aromatic nitrogens is 4. The zero-order valence-electron chi connectivity index (χ0n) is 17.7. The number of hydrogen-bond acceptors (Lipinski definition) is 7. The minimum atomic E-state index is 0.422. The summed E-state index contributed by atoms with van der Waals surface area (Å²) in [6.45, 7) is 8.05. The van der Waals surface area contributed by atoms with E-state index < -0.39 is 0 Å². The normalized spacial score (nSPS) is 16.2. The van der Waals surface area contributed by atoms with E-state index in [0.29, 0.717) is 34.2 Å². The summed E-state index contributed by atoms with van der Waals surface area (Å²) in [5.41, 5.74) is 7.92. The minimum absolute atomic E-state index is 0.422. The van der Waals surface area contributed by atoms with Gasteiger partial charge in [0.2, 0.25) is 5.95 Å². The molecule has 0 spiro atoms. The van der Waals surface area contributed by atoms with Crippen LogP contribution in [0, 0.1) is 0 Å². The van der Waals surface area contributed by atoms with Gasteiger partial charge in [0.05, 0.1) is 24.1 Å². The molecule has 2 aromatic rings. The van der Waals surface area contributed by atoms with Gasteiger partial charge < -0.3 is 20.9 Å². The second-order valence-corrected chi connectivity index (χ2v) is 7.96. The molecule has 1 aliphatic heterocycles. The number of piperidine rings is 1. The molecule has 0 unspecified atom stereocenters. The summed E-state index contributed by atoms with van der Waals surface area (Å²) in [6, 6.07) is 0.422. The molecule has 0 amide bonds. The van der Waals surface area contributed by atoms with Crippen molar-refractivity contribution >= 4 is 29.1 Å². The summed E-state index contributed by atoms with van der Waals surface area (Å²) in [6.07, 6.45) is 13.0. The minimum Gasteiger partial charge on any atom is -0.402 e. The molecule has 0 saturated carbocycles. The van der Waals surface area contributed by atoms with Gasteiger partial charge in [-0.2, -0.15) is 10.1 Å². The first-order valence-electron chi connectivity index (χ1n) is 9.89. The van der Waals surface area contributed by atoms with Crippen LogP contribution >= 0.6 is 11.6 Å². The number of nitrogens with two attached hydrogens (primary N) is 1. The van der Waals surface area contributed by atoms with Crippen molar-refractivity contribution in [2.24, 2.45) is 5.73 Å². The number of halogens is 1. The molecule has 0 atom stereocenters. The average molecular weight is 429 g/mol. The van der Waals surface area contributed by atoms with Crippen LogP contribution in [0.5, 0.6) is 0 Å². The highest BCUT2D eigenvalue weighted by Gasteiger charge is 2.19. The SMILES string of the molecule is C=C(/C=C\C=C(/C)N)N(C)c1nc(Nc2cnn(C3CCN(C)CC3)c2)ncc1Cl. The number of hydrogen-bond donors (Lipinski definition) is 2. The van der Waals surface area contributed by atoms with Crippen molar-refractivity contribution in [1.82, 2.24) is 24.6 Å². The van der Waals surface area contributed by atoms with E-state index in [1.807, 2.05) is 37.0 Å². The molecule has 1 aliphatic rings. The number of anilines is 3. The maximum Gasteiger partial charge on any atom is 0.229 e. The fraction of sp³-hybridized carbons (Fsp3) is 0.381. The van der Waals surface area contributed by atoms with Crippen LogP contribution < -0.4 is 16.0 Å². The second kappa shape index (κ2) is 9.77. The van der Waals surface area contributed by atoms with Gasteiger partial charge in [-0.3, -0.25) is 4.68 Å². The summed E-state index contributed by atoms with van der Waals surface area (Å²) in [7, 11) is 4.00. The van der Waals surface area contributed by atoms with Gasteiger partial charge in [0, 0.05) is 24.6 Å². The van der Waals surface area contributed by atoms with E-state index in [0.717, 1.165) is 31.6 Å². The predicted octanol–water partition coefficient (Wildman–Crippen LogP) is 3.71. The zero-order valence-corrected chi connectivity index (χ0v) is 18.5. The molecule has 160 valence electrons. The van der Waals surface area contributed by atoms with Crippen molar-refractivity contribution in [3.8, 4) is 0 Å². The fourth-order valence-electron chi connectivity index (χ4n) is 3.20. The van der Waals surface area contributed by atoms with Gasteiger partial charge in [0.1, 0.15) is 5.02 Å². The molecule has 3 heterocycles. The number of rotatable bonds is 7. The molecule has 9 heteroatoms. The van der Waals surface area contributed by atoms with Crippen LogP contribution in [-0.4, -0.2) is 51.8 Å². The molecule has 3 N–H and O–H groups in total. The molecule has 2 aromatic heterocycles. The van der Waals surface area contributed by atoms with E-state index in [2.05, 4.69) is 38.9 Å². The first kappa shape index (κ1) is 21.9. The standard InChI is InChI=1S/C21H29ClN8/c1-15(23)6-5-7-16(2)29(4)20-19(22)13-24-21(27-20)26-17-12-25-30(14-17)18-8-10-28(3)11-9-18/h5-7,12-14,18H,2,8-11,23H2,1,3-4H3,(H,24,26,27)/b7-5-,15-6+. The zero-order chi connectivity index (χ0) is 21.7. The van der Waals surface area contributed by atoms with Crippen LogP contribution in [0.4, 0.5) is 17.5 Å². The van der Waals surface area contributed by atoms with Crippen LogP contribution in [0.15, 0.2) is 54.8 Å². The topological polar surface area (TPSA) is 88.1 Å². The van der Waals surface area contributed by atoms with Gasteiger partial charge >= 0.3 is 0 Å². The Hall–Kier alpha value is -2.84. The van der Waals surface area contributed by atoms with Crippen molar-refractivity contribution in [2.75, 3.05) is 37.4 Å². The Balaban J connectivity index is 1.70. The molecule has 30 heavy (non-hydrogen) atoms. The third-order valence-corrected chi connectivity index (χ3v) is 5.31. The summed E-state index contributed by atoms with van der Waals surface area (Å²) in [5, 5.41) is 8.17. The lowest BCUT2D eigenvalue weighted by Gasteiger charge is -2.28. The lowest BCUT2D eigenvalue weighted by molar-refractivity contribution is 0.212. The number of nitrogens with one attached hydrogen (secondary N) is 1. The van der Waals surface area contributed by atoms with Gasteiger partial charge in [0.15, 0.2) is 5.82 Å². The van der Waals surface area contributed by atoms with Crippen LogP contribution in [0.2, 0.25) is 5.02 Å². The number of allylic oxidation sites excluding steroid dienone is 4. The monoisotopic (exact) mass is 428 g/mol. The van der Waals surface area contributed by atoms with E-state index >= 15 is 0 Å². The van der Waals surface area contributed by atoms with Crippen molar-refractivity contribution in [2.45, 2.75) is 25.8 Å². The quantitative estimate of drug-likeness (QED) is 0.650. The third-order valence-electron chi connectivity index (χ3n) is 5.04. The molecular weight excluding hydrogens is 400 g/mol. The number of nitrogens with zero attached hydrogens (tertiary/aromatic N) is 6. The largest absolute Gasteiger partial charge is 0.402 e. The Morgan fingerprint density at radius 3 is 2.80 bits per heavy atom. The van der Waals surface area contributed by atoms with Crippen molar-refractivity contribution in [1.29, 1.82) is 0 Å².